The highest BCUT2D eigenvalue weighted by atomic mass is 16.5. The van der Waals surface area contributed by atoms with Crippen molar-refractivity contribution in [1.82, 2.24) is 15.5 Å². The quantitative estimate of drug-likeness (QED) is 0.736. The number of carbonyl (C=O) groups is 1. The fraction of sp³-hybridized carbons (Fsp3) is 0.250. The van der Waals surface area contributed by atoms with Crippen molar-refractivity contribution in [3.05, 3.63) is 65.5 Å². The van der Waals surface area contributed by atoms with E-state index in [1.165, 1.54) is 0 Å². The van der Waals surface area contributed by atoms with E-state index < -0.39 is 6.10 Å². The van der Waals surface area contributed by atoms with Crippen LogP contribution >= 0.6 is 0 Å². The highest BCUT2D eigenvalue weighted by Crippen LogP contribution is 2.20. The first kappa shape index (κ1) is 17.7. The van der Waals surface area contributed by atoms with Crippen molar-refractivity contribution in [1.29, 1.82) is 0 Å². The first-order valence-corrected chi connectivity index (χ1v) is 8.42. The van der Waals surface area contributed by atoms with E-state index in [0.717, 1.165) is 16.7 Å². The van der Waals surface area contributed by atoms with Crippen LogP contribution in [0.2, 0.25) is 0 Å². The number of ether oxygens (including phenoxy) is 1. The summed E-state index contributed by atoms with van der Waals surface area (Å²) in [6.45, 7) is 5.83. The number of aryl methyl sites for hydroxylation is 2. The Morgan fingerprint density at radius 3 is 2.69 bits per heavy atom. The van der Waals surface area contributed by atoms with Gasteiger partial charge in [-0.25, -0.2) is 0 Å². The standard InChI is InChI=1S/C20H21N3O3/c1-13-9-10-17(14(2)11-13)25-15(3)20(24)21-12-18-22-19(23-26-18)16-7-5-4-6-8-16/h4-11,15H,12H2,1-3H3,(H,21,24)/t15-/m0/s1. The molecule has 1 N–H and O–H groups in total. The van der Waals surface area contributed by atoms with Crippen molar-refractivity contribution >= 4 is 5.91 Å². The van der Waals surface area contributed by atoms with Gasteiger partial charge in [0.1, 0.15) is 5.75 Å². The van der Waals surface area contributed by atoms with Gasteiger partial charge < -0.3 is 14.6 Å². The number of nitrogens with zero attached hydrogens (tertiary/aromatic N) is 2. The first-order valence-electron chi connectivity index (χ1n) is 8.42. The molecule has 6 heteroatoms. The summed E-state index contributed by atoms with van der Waals surface area (Å²) in [6.07, 6.45) is -0.632. The van der Waals surface area contributed by atoms with Gasteiger partial charge in [-0.15, -0.1) is 0 Å². The van der Waals surface area contributed by atoms with Crippen LogP contribution in [0.3, 0.4) is 0 Å². The normalized spacial score (nSPS) is 11.8. The number of hydrogen-bond donors (Lipinski definition) is 1. The van der Waals surface area contributed by atoms with E-state index in [-0.39, 0.29) is 12.5 Å². The second-order valence-corrected chi connectivity index (χ2v) is 6.12. The van der Waals surface area contributed by atoms with Crippen LogP contribution < -0.4 is 10.1 Å². The summed E-state index contributed by atoms with van der Waals surface area (Å²) in [7, 11) is 0. The van der Waals surface area contributed by atoms with E-state index in [0.29, 0.717) is 17.5 Å². The molecule has 0 fully saturated rings. The summed E-state index contributed by atoms with van der Waals surface area (Å²) >= 11 is 0. The molecule has 1 atom stereocenters. The monoisotopic (exact) mass is 351 g/mol. The van der Waals surface area contributed by atoms with E-state index in [1.807, 2.05) is 62.4 Å². The number of benzene rings is 2. The Kier molecular flexibility index (Phi) is 5.31. The van der Waals surface area contributed by atoms with Crippen LogP contribution in [0.4, 0.5) is 0 Å². The summed E-state index contributed by atoms with van der Waals surface area (Å²) < 4.78 is 10.9. The van der Waals surface area contributed by atoms with Gasteiger partial charge in [-0.1, -0.05) is 53.2 Å². The summed E-state index contributed by atoms with van der Waals surface area (Å²) in [5.41, 5.74) is 3.01. The van der Waals surface area contributed by atoms with E-state index in [9.17, 15) is 4.79 Å². The molecular formula is C20H21N3O3. The van der Waals surface area contributed by atoms with Crippen molar-refractivity contribution in [3.63, 3.8) is 0 Å². The summed E-state index contributed by atoms with van der Waals surface area (Å²) in [6, 6.07) is 15.4. The highest BCUT2D eigenvalue weighted by Gasteiger charge is 2.17. The lowest BCUT2D eigenvalue weighted by atomic mass is 10.1. The molecule has 0 radical (unpaired) electrons. The van der Waals surface area contributed by atoms with E-state index >= 15 is 0 Å². The van der Waals surface area contributed by atoms with Crippen molar-refractivity contribution in [2.75, 3.05) is 0 Å². The zero-order valence-corrected chi connectivity index (χ0v) is 15.0. The second kappa shape index (κ2) is 7.82. The number of aromatic nitrogens is 2. The Morgan fingerprint density at radius 1 is 1.19 bits per heavy atom. The Morgan fingerprint density at radius 2 is 1.96 bits per heavy atom. The molecule has 1 aromatic heterocycles. The molecule has 26 heavy (non-hydrogen) atoms. The molecule has 6 nitrogen and oxygen atoms in total. The zero-order chi connectivity index (χ0) is 18.5. The Balaban J connectivity index is 1.56. The van der Waals surface area contributed by atoms with Crippen molar-refractivity contribution < 1.29 is 14.1 Å². The van der Waals surface area contributed by atoms with Crippen molar-refractivity contribution in [2.45, 2.75) is 33.4 Å². The van der Waals surface area contributed by atoms with Crippen molar-refractivity contribution in [2.24, 2.45) is 0 Å². The Hall–Kier alpha value is -3.15. The maximum atomic E-state index is 12.2. The smallest absolute Gasteiger partial charge is 0.261 e. The summed E-state index contributed by atoms with van der Waals surface area (Å²) in [5.74, 6) is 1.29. The predicted octanol–water partition coefficient (Wildman–Crippen LogP) is 3.44. The van der Waals surface area contributed by atoms with Crippen LogP contribution in [0.1, 0.15) is 23.9 Å². The average molecular weight is 351 g/mol. The molecule has 0 spiro atoms. The molecule has 0 saturated heterocycles. The second-order valence-electron chi connectivity index (χ2n) is 6.12. The molecule has 3 rings (SSSR count). The molecule has 3 aromatic rings. The zero-order valence-electron chi connectivity index (χ0n) is 15.0. The third-order valence-corrected chi connectivity index (χ3v) is 3.92. The highest BCUT2D eigenvalue weighted by molar-refractivity contribution is 5.80. The SMILES string of the molecule is Cc1ccc(O[C@@H](C)C(=O)NCc2nc(-c3ccccc3)no2)c(C)c1. The van der Waals surface area contributed by atoms with Crippen LogP contribution in [-0.4, -0.2) is 22.2 Å². The molecule has 2 aromatic carbocycles. The molecule has 0 aliphatic carbocycles. The van der Waals surface area contributed by atoms with Crippen LogP contribution in [0.15, 0.2) is 53.1 Å². The van der Waals surface area contributed by atoms with Gasteiger partial charge in [-0.3, -0.25) is 4.79 Å². The molecule has 0 saturated carbocycles. The molecule has 134 valence electrons. The molecule has 1 heterocycles. The van der Waals surface area contributed by atoms with Gasteiger partial charge in [0.2, 0.25) is 11.7 Å². The van der Waals surface area contributed by atoms with Gasteiger partial charge in [0.15, 0.2) is 6.10 Å². The summed E-state index contributed by atoms with van der Waals surface area (Å²) in [5, 5.41) is 6.68. The van der Waals surface area contributed by atoms with Crippen molar-refractivity contribution in [3.8, 4) is 17.1 Å². The Labute approximate surface area is 152 Å². The average Bonchev–Trinajstić information content (AvgIpc) is 3.11. The number of nitrogens with one attached hydrogen (secondary N) is 1. The summed E-state index contributed by atoms with van der Waals surface area (Å²) in [4.78, 5) is 16.5. The van der Waals surface area contributed by atoms with Gasteiger partial charge >= 0.3 is 0 Å². The number of hydrogen-bond acceptors (Lipinski definition) is 5. The van der Waals surface area contributed by atoms with E-state index in [4.69, 9.17) is 9.26 Å². The minimum atomic E-state index is -0.632. The van der Waals surface area contributed by atoms with E-state index in [1.54, 1.807) is 6.92 Å². The minimum Gasteiger partial charge on any atom is -0.481 e. The number of rotatable bonds is 6. The fourth-order valence-electron chi connectivity index (χ4n) is 2.51. The third kappa shape index (κ3) is 4.27. The lowest BCUT2D eigenvalue weighted by Crippen LogP contribution is -2.36. The van der Waals surface area contributed by atoms with Crippen LogP contribution in [0.25, 0.3) is 11.4 Å². The molecule has 0 aliphatic heterocycles. The van der Waals surface area contributed by atoms with Gasteiger partial charge in [0.25, 0.3) is 5.91 Å². The predicted molar refractivity (Wildman–Crippen MR) is 97.6 cm³/mol. The Bertz CT molecular complexity index is 890. The van der Waals surface area contributed by atoms with Gasteiger partial charge in [0, 0.05) is 5.56 Å². The van der Waals surface area contributed by atoms with Crippen LogP contribution in [-0.2, 0) is 11.3 Å². The van der Waals surface area contributed by atoms with Gasteiger partial charge in [0.05, 0.1) is 6.54 Å². The molecule has 0 aliphatic rings. The van der Waals surface area contributed by atoms with Gasteiger partial charge in [-0.2, -0.15) is 4.98 Å². The molecule has 1 amide bonds. The lowest BCUT2D eigenvalue weighted by Gasteiger charge is -2.16. The van der Waals surface area contributed by atoms with Crippen LogP contribution in [0, 0.1) is 13.8 Å². The largest absolute Gasteiger partial charge is 0.481 e. The molecular weight excluding hydrogens is 330 g/mol. The fourth-order valence-corrected chi connectivity index (χ4v) is 2.51. The molecule has 0 bridgehead atoms. The van der Waals surface area contributed by atoms with Gasteiger partial charge in [-0.05, 0) is 32.4 Å². The third-order valence-electron chi connectivity index (χ3n) is 3.92. The topological polar surface area (TPSA) is 77.2 Å². The number of amides is 1. The lowest BCUT2D eigenvalue weighted by molar-refractivity contribution is -0.127. The van der Waals surface area contributed by atoms with E-state index in [2.05, 4.69) is 15.5 Å². The minimum absolute atomic E-state index is 0.152. The first-order chi connectivity index (χ1) is 12.5. The maximum Gasteiger partial charge on any atom is 0.261 e. The van der Waals surface area contributed by atoms with Crippen LogP contribution in [0.5, 0.6) is 5.75 Å². The number of carbonyl (C=O) groups excluding carboxylic acids is 1. The maximum absolute atomic E-state index is 12.2. The molecule has 0 unspecified atom stereocenters.